The SMILES string of the molecule is N#Cc1ccc(COC(=O)[C@H]2CCCN2C(=O)C23CC4CC(CC(C4)C2)C3)cc1. The lowest BCUT2D eigenvalue weighted by atomic mass is 9.49. The fraction of sp³-hybridized carbons (Fsp3) is 0.625. The zero-order chi connectivity index (χ0) is 20.0. The Morgan fingerprint density at radius 2 is 1.69 bits per heavy atom. The fourth-order valence-electron chi connectivity index (χ4n) is 6.86. The van der Waals surface area contributed by atoms with Crippen molar-refractivity contribution in [2.75, 3.05) is 6.54 Å². The van der Waals surface area contributed by atoms with Gasteiger partial charge in [-0.3, -0.25) is 4.79 Å². The summed E-state index contributed by atoms with van der Waals surface area (Å²) >= 11 is 0. The van der Waals surface area contributed by atoms with Crippen LogP contribution in [0.2, 0.25) is 0 Å². The first kappa shape index (κ1) is 18.7. The van der Waals surface area contributed by atoms with Crippen molar-refractivity contribution in [2.24, 2.45) is 23.2 Å². The molecule has 1 atom stereocenters. The number of nitrogens with zero attached hydrogens (tertiary/aromatic N) is 2. The summed E-state index contributed by atoms with van der Waals surface area (Å²) < 4.78 is 5.57. The highest BCUT2D eigenvalue weighted by molar-refractivity contribution is 5.89. The molecule has 6 rings (SSSR count). The van der Waals surface area contributed by atoms with Crippen molar-refractivity contribution < 1.29 is 14.3 Å². The van der Waals surface area contributed by atoms with Crippen molar-refractivity contribution in [3.05, 3.63) is 35.4 Å². The smallest absolute Gasteiger partial charge is 0.329 e. The first-order valence-corrected chi connectivity index (χ1v) is 11.0. The van der Waals surface area contributed by atoms with E-state index in [0.29, 0.717) is 18.5 Å². The molecule has 5 aliphatic rings. The van der Waals surface area contributed by atoms with Gasteiger partial charge in [-0.15, -0.1) is 0 Å². The quantitative estimate of drug-likeness (QED) is 0.731. The molecule has 1 saturated heterocycles. The molecule has 0 unspecified atom stereocenters. The first-order chi connectivity index (χ1) is 14.1. The highest BCUT2D eigenvalue weighted by atomic mass is 16.5. The molecule has 4 aliphatic carbocycles. The van der Waals surface area contributed by atoms with E-state index >= 15 is 0 Å². The molecule has 4 saturated carbocycles. The molecule has 5 fully saturated rings. The second-order valence-corrected chi connectivity index (χ2v) is 9.77. The average Bonchev–Trinajstić information content (AvgIpc) is 3.20. The molecule has 1 amide bonds. The van der Waals surface area contributed by atoms with Crippen molar-refractivity contribution in [3.8, 4) is 6.07 Å². The Morgan fingerprint density at radius 3 is 2.28 bits per heavy atom. The van der Waals surface area contributed by atoms with E-state index in [0.717, 1.165) is 49.0 Å². The predicted octanol–water partition coefficient (Wildman–Crippen LogP) is 3.81. The summed E-state index contributed by atoms with van der Waals surface area (Å²) in [6.07, 6.45) is 8.58. The lowest BCUT2D eigenvalue weighted by molar-refractivity contribution is -0.166. The minimum atomic E-state index is -0.436. The van der Waals surface area contributed by atoms with E-state index in [2.05, 4.69) is 6.07 Å². The molecule has 1 heterocycles. The van der Waals surface area contributed by atoms with Crippen LogP contribution in [0.25, 0.3) is 0 Å². The van der Waals surface area contributed by atoms with Crippen molar-refractivity contribution >= 4 is 11.9 Å². The third-order valence-corrected chi connectivity index (χ3v) is 7.74. The van der Waals surface area contributed by atoms with Crippen molar-refractivity contribution in [3.63, 3.8) is 0 Å². The molecule has 1 aliphatic heterocycles. The van der Waals surface area contributed by atoms with Gasteiger partial charge in [-0.25, -0.2) is 4.79 Å². The molecule has 29 heavy (non-hydrogen) atoms. The minimum Gasteiger partial charge on any atom is -0.459 e. The van der Waals surface area contributed by atoms with Crippen LogP contribution in [0.1, 0.15) is 62.5 Å². The van der Waals surface area contributed by atoms with E-state index < -0.39 is 6.04 Å². The highest BCUT2D eigenvalue weighted by Crippen LogP contribution is 2.60. The average molecular weight is 392 g/mol. The zero-order valence-electron chi connectivity index (χ0n) is 16.8. The van der Waals surface area contributed by atoms with Gasteiger partial charge in [0.05, 0.1) is 17.0 Å². The van der Waals surface area contributed by atoms with Crippen LogP contribution in [0.3, 0.4) is 0 Å². The van der Waals surface area contributed by atoms with E-state index in [-0.39, 0.29) is 23.9 Å². The molecule has 4 bridgehead atoms. The third-order valence-electron chi connectivity index (χ3n) is 7.74. The molecular weight excluding hydrogens is 364 g/mol. The number of carbonyl (C=O) groups excluding carboxylic acids is 2. The molecule has 5 nitrogen and oxygen atoms in total. The van der Waals surface area contributed by atoms with Gasteiger partial charge in [0.15, 0.2) is 0 Å². The van der Waals surface area contributed by atoms with Crippen LogP contribution in [-0.4, -0.2) is 29.4 Å². The van der Waals surface area contributed by atoms with Gasteiger partial charge in [0.25, 0.3) is 0 Å². The number of benzene rings is 1. The van der Waals surface area contributed by atoms with Crippen molar-refractivity contribution in [1.82, 2.24) is 4.90 Å². The summed E-state index contributed by atoms with van der Waals surface area (Å²) in [4.78, 5) is 28.3. The maximum atomic E-state index is 13.6. The molecule has 5 heteroatoms. The topological polar surface area (TPSA) is 70.4 Å². The van der Waals surface area contributed by atoms with Crippen molar-refractivity contribution in [2.45, 2.75) is 64.0 Å². The summed E-state index contributed by atoms with van der Waals surface area (Å²) in [7, 11) is 0. The van der Waals surface area contributed by atoms with Gasteiger partial charge in [0.2, 0.25) is 5.91 Å². The number of hydrogen-bond acceptors (Lipinski definition) is 4. The van der Waals surface area contributed by atoms with E-state index in [9.17, 15) is 9.59 Å². The Labute approximate surface area is 172 Å². The standard InChI is InChI=1S/C24H28N2O3/c25-14-16-3-5-17(6-4-16)15-29-22(27)21-2-1-7-26(21)23(28)24-11-18-8-19(12-24)10-20(9-18)13-24/h3-6,18-21H,1-2,7-13,15H2/t18?,19?,20?,21-,24?/m1/s1. The molecule has 0 spiro atoms. The Kier molecular flexibility index (Phi) is 4.61. The monoisotopic (exact) mass is 392 g/mol. The second kappa shape index (κ2) is 7.16. The van der Waals surface area contributed by atoms with Gasteiger partial charge in [-0.2, -0.15) is 5.26 Å². The van der Waals surface area contributed by atoms with Crippen LogP contribution in [0, 0.1) is 34.5 Å². The van der Waals surface area contributed by atoms with E-state index in [1.54, 1.807) is 24.3 Å². The van der Waals surface area contributed by atoms with E-state index in [4.69, 9.17) is 10.00 Å². The number of ether oxygens (including phenoxy) is 1. The van der Waals surface area contributed by atoms with Gasteiger partial charge in [0, 0.05) is 6.54 Å². The number of carbonyl (C=O) groups is 2. The Morgan fingerprint density at radius 1 is 1.07 bits per heavy atom. The lowest BCUT2D eigenvalue weighted by Crippen LogP contribution is -2.56. The molecule has 1 aromatic rings. The normalized spacial score (nSPS) is 34.8. The number of esters is 1. The molecule has 0 aromatic heterocycles. The van der Waals surface area contributed by atoms with Gasteiger partial charge in [-0.1, -0.05) is 12.1 Å². The Hall–Kier alpha value is -2.35. The van der Waals surface area contributed by atoms with Gasteiger partial charge in [0.1, 0.15) is 12.6 Å². The third kappa shape index (κ3) is 3.33. The highest BCUT2D eigenvalue weighted by Gasteiger charge is 2.56. The number of amides is 1. The van der Waals surface area contributed by atoms with Crippen LogP contribution >= 0.6 is 0 Å². The summed E-state index contributed by atoms with van der Waals surface area (Å²) in [5.41, 5.74) is 1.24. The maximum absolute atomic E-state index is 13.6. The molecule has 1 aromatic carbocycles. The largest absolute Gasteiger partial charge is 0.459 e. The van der Waals surface area contributed by atoms with Crippen molar-refractivity contribution in [1.29, 1.82) is 5.26 Å². The molecular formula is C24H28N2O3. The van der Waals surface area contributed by atoms with Gasteiger partial charge < -0.3 is 9.64 Å². The Bertz CT molecular complexity index is 819. The van der Waals surface area contributed by atoms with Gasteiger partial charge >= 0.3 is 5.97 Å². The van der Waals surface area contributed by atoms with Crippen LogP contribution in [0.4, 0.5) is 0 Å². The van der Waals surface area contributed by atoms with Crippen LogP contribution in [-0.2, 0) is 20.9 Å². The lowest BCUT2D eigenvalue weighted by Gasteiger charge is -2.56. The predicted molar refractivity (Wildman–Crippen MR) is 106 cm³/mol. The molecule has 0 N–H and O–H groups in total. The van der Waals surface area contributed by atoms with E-state index in [1.165, 1.54) is 19.3 Å². The summed E-state index contributed by atoms with van der Waals surface area (Å²) in [6, 6.07) is 8.70. The number of hydrogen-bond donors (Lipinski definition) is 0. The maximum Gasteiger partial charge on any atom is 0.329 e. The Balaban J connectivity index is 1.25. The van der Waals surface area contributed by atoms with Gasteiger partial charge in [-0.05, 0) is 86.8 Å². The second-order valence-electron chi connectivity index (χ2n) is 9.77. The fourth-order valence-corrected chi connectivity index (χ4v) is 6.86. The zero-order valence-corrected chi connectivity index (χ0v) is 16.8. The van der Waals surface area contributed by atoms with Crippen LogP contribution in [0.5, 0.6) is 0 Å². The van der Waals surface area contributed by atoms with E-state index in [1.807, 2.05) is 4.90 Å². The summed E-state index contributed by atoms with van der Waals surface area (Å²) in [6.45, 7) is 0.859. The number of likely N-dealkylation sites (tertiary alicyclic amines) is 1. The number of nitriles is 1. The molecule has 152 valence electrons. The number of rotatable bonds is 4. The summed E-state index contributed by atoms with van der Waals surface area (Å²) in [5, 5.41) is 8.89. The van der Waals surface area contributed by atoms with Crippen LogP contribution < -0.4 is 0 Å². The first-order valence-electron chi connectivity index (χ1n) is 11.0. The summed E-state index contributed by atoms with van der Waals surface area (Å²) in [5.74, 6) is 2.10. The minimum absolute atomic E-state index is 0.181. The van der Waals surface area contributed by atoms with Crippen LogP contribution in [0.15, 0.2) is 24.3 Å². The molecule has 0 radical (unpaired) electrons.